The predicted molar refractivity (Wildman–Crippen MR) is 134 cm³/mol. The third-order valence-corrected chi connectivity index (χ3v) is 5.34. The van der Waals surface area contributed by atoms with Crippen LogP contribution in [0.4, 0.5) is 0 Å². The summed E-state index contributed by atoms with van der Waals surface area (Å²) in [5.41, 5.74) is 0.200. The Morgan fingerprint density at radius 1 is 1.00 bits per heavy atom. The summed E-state index contributed by atoms with van der Waals surface area (Å²) in [5, 5.41) is 3.17. The lowest BCUT2D eigenvalue weighted by molar-refractivity contribution is 0.0545. The maximum atomic E-state index is 13.2. The molecule has 0 radical (unpaired) electrons. The maximum Gasteiger partial charge on any atom is 0.339 e. The van der Waals surface area contributed by atoms with E-state index >= 15 is 0 Å². The first-order valence-corrected chi connectivity index (χ1v) is 11.2. The van der Waals surface area contributed by atoms with Gasteiger partial charge in [0, 0.05) is 30.9 Å². The molecule has 1 amide bonds. The van der Waals surface area contributed by atoms with E-state index in [-0.39, 0.29) is 42.2 Å². The van der Waals surface area contributed by atoms with Gasteiger partial charge in [-0.25, -0.2) is 4.79 Å². The smallest absolute Gasteiger partial charge is 0.339 e. The topological polar surface area (TPSA) is 77.1 Å². The van der Waals surface area contributed by atoms with Gasteiger partial charge in [0.05, 0.1) is 11.1 Å². The molecule has 1 aromatic carbocycles. The molecule has 1 aromatic rings. The van der Waals surface area contributed by atoms with Crippen molar-refractivity contribution in [2.24, 2.45) is 0 Å². The van der Waals surface area contributed by atoms with E-state index in [0.29, 0.717) is 24.6 Å². The van der Waals surface area contributed by atoms with Crippen LogP contribution >= 0.6 is 12.6 Å². The minimum Gasteiger partial charge on any atom is -0.486 e. The molecule has 1 fully saturated rings. The minimum absolute atomic E-state index is 0.0133. The average Bonchev–Trinajstić information content (AvgIpc) is 3.17. The lowest BCUT2D eigenvalue weighted by atomic mass is 10.0. The van der Waals surface area contributed by atoms with E-state index in [0.717, 1.165) is 13.0 Å². The zero-order chi connectivity index (χ0) is 24.2. The molecule has 1 aliphatic rings. The van der Waals surface area contributed by atoms with Gasteiger partial charge in [-0.1, -0.05) is 44.0 Å². The molecule has 2 unspecified atom stereocenters. The Balaban J connectivity index is 2.33. The highest BCUT2D eigenvalue weighted by atomic mass is 32.1. The molecule has 0 saturated carbocycles. The van der Waals surface area contributed by atoms with Gasteiger partial charge in [-0.15, -0.1) is 6.58 Å². The maximum absolute atomic E-state index is 13.2. The van der Waals surface area contributed by atoms with Crippen LogP contribution in [0.2, 0.25) is 0 Å². The second-order valence-electron chi connectivity index (χ2n) is 7.43. The van der Waals surface area contributed by atoms with Gasteiger partial charge >= 0.3 is 5.97 Å². The SMILES string of the molecule is C=CCOC(=O)c1cc(OCC=C)c(OCC=C)cc1C(=O)NCC1CC(S)CN1CC=C. The van der Waals surface area contributed by atoms with Crippen LogP contribution in [0.15, 0.2) is 62.8 Å². The first-order chi connectivity index (χ1) is 15.9. The lowest BCUT2D eigenvalue weighted by Crippen LogP contribution is -2.40. The van der Waals surface area contributed by atoms with Crippen LogP contribution in [0.3, 0.4) is 0 Å². The fourth-order valence-electron chi connectivity index (χ4n) is 3.52. The molecule has 1 saturated heterocycles. The highest BCUT2D eigenvalue weighted by Crippen LogP contribution is 2.32. The Morgan fingerprint density at radius 3 is 2.18 bits per heavy atom. The molecule has 1 N–H and O–H groups in total. The molecule has 178 valence electrons. The molecular formula is C25H32N2O5S. The van der Waals surface area contributed by atoms with Crippen LogP contribution in [-0.4, -0.2) is 67.5 Å². The number of likely N-dealkylation sites (tertiary alicyclic amines) is 1. The fourth-order valence-corrected chi connectivity index (χ4v) is 3.97. The fraction of sp³-hybridized carbons (Fsp3) is 0.360. The standard InChI is InChI=1S/C25H32N2O5S/c1-5-9-27-17-19(33)13-18(27)16-26-24(28)20-14-22(30-10-6-2)23(31-11-7-3)15-21(20)25(29)32-12-8-4/h5-8,14-15,18-19,33H,1-4,9-13,16-17H2,(H,26,28). The zero-order valence-electron chi connectivity index (χ0n) is 18.8. The van der Waals surface area contributed by atoms with Gasteiger partial charge in [-0.2, -0.15) is 12.6 Å². The Kier molecular flexibility index (Phi) is 10.8. The largest absolute Gasteiger partial charge is 0.486 e. The number of hydrogen-bond acceptors (Lipinski definition) is 7. The highest BCUT2D eigenvalue weighted by molar-refractivity contribution is 7.81. The van der Waals surface area contributed by atoms with Crippen LogP contribution in [0.1, 0.15) is 27.1 Å². The van der Waals surface area contributed by atoms with Crippen LogP contribution in [0, 0.1) is 0 Å². The van der Waals surface area contributed by atoms with Gasteiger partial charge in [0.2, 0.25) is 0 Å². The van der Waals surface area contributed by atoms with Crippen LogP contribution in [0.25, 0.3) is 0 Å². The van der Waals surface area contributed by atoms with E-state index in [1.165, 1.54) is 18.2 Å². The van der Waals surface area contributed by atoms with Crippen molar-refractivity contribution in [2.75, 3.05) is 39.5 Å². The Bertz CT molecular complexity index is 886. The summed E-state index contributed by atoms with van der Waals surface area (Å²) in [5.74, 6) is -0.472. The zero-order valence-corrected chi connectivity index (χ0v) is 19.7. The second-order valence-corrected chi connectivity index (χ2v) is 8.16. The van der Waals surface area contributed by atoms with Crippen LogP contribution in [0.5, 0.6) is 11.5 Å². The quantitative estimate of drug-likeness (QED) is 0.245. The van der Waals surface area contributed by atoms with Crippen molar-refractivity contribution >= 4 is 24.5 Å². The summed E-state index contributed by atoms with van der Waals surface area (Å²) in [6.45, 7) is 17.0. The summed E-state index contributed by atoms with van der Waals surface area (Å²) in [6.07, 6.45) is 7.27. The third-order valence-electron chi connectivity index (χ3n) is 4.96. The van der Waals surface area contributed by atoms with Gasteiger partial charge in [0.25, 0.3) is 5.91 Å². The molecule has 0 bridgehead atoms. The van der Waals surface area contributed by atoms with Gasteiger partial charge in [0.15, 0.2) is 11.5 Å². The monoisotopic (exact) mass is 472 g/mol. The number of amides is 1. The Hall–Kier alpha value is -2.97. The number of nitrogens with one attached hydrogen (secondary N) is 1. The predicted octanol–water partition coefficient (Wildman–Crippen LogP) is 3.45. The normalized spacial score (nSPS) is 17.6. The number of nitrogens with zero attached hydrogens (tertiary/aromatic N) is 1. The summed E-state index contributed by atoms with van der Waals surface area (Å²) in [7, 11) is 0. The van der Waals surface area contributed by atoms with Crippen LogP contribution in [-0.2, 0) is 4.74 Å². The van der Waals surface area contributed by atoms with Crippen molar-refractivity contribution in [1.29, 1.82) is 0 Å². The van der Waals surface area contributed by atoms with Crippen molar-refractivity contribution in [3.63, 3.8) is 0 Å². The van der Waals surface area contributed by atoms with E-state index in [4.69, 9.17) is 14.2 Å². The Labute approximate surface area is 201 Å². The summed E-state index contributed by atoms with van der Waals surface area (Å²) < 4.78 is 16.5. The second kappa shape index (κ2) is 13.5. The number of esters is 1. The van der Waals surface area contributed by atoms with Gasteiger partial charge in [-0.05, 0) is 18.6 Å². The van der Waals surface area contributed by atoms with E-state index in [1.54, 1.807) is 12.2 Å². The molecule has 0 aliphatic carbocycles. The van der Waals surface area contributed by atoms with Crippen molar-refractivity contribution in [2.45, 2.75) is 17.7 Å². The summed E-state index contributed by atoms with van der Waals surface area (Å²) in [4.78, 5) is 28.1. The number of rotatable bonds is 14. The number of benzene rings is 1. The Morgan fingerprint density at radius 2 is 1.61 bits per heavy atom. The molecule has 1 heterocycles. The van der Waals surface area contributed by atoms with Crippen molar-refractivity contribution in [1.82, 2.24) is 10.2 Å². The average molecular weight is 473 g/mol. The molecule has 0 aromatic heterocycles. The van der Waals surface area contributed by atoms with Crippen molar-refractivity contribution < 1.29 is 23.8 Å². The number of carbonyl (C=O) groups is 2. The van der Waals surface area contributed by atoms with E-state index in [9.17, 15) is 9.59 Å². The highest BCUT2D eigenvalue weighted by Gasteiger charge is 2.30. The third kappa shape index (κ3) is 7.54. The minimum atomic E-state index is -0.664. The van der Waals surface area contributed by atoms with Gasteiger partial charge in [0.1, 0.15) is 19.8 Å². The van der Waals surface area contributed by atoms with E-state index in [2.05, 4.69) is 49.2 Å². The first kappa shape index (κ1) is 26.3. The lowest BCUT2D eigenvalue weighted by Gasteiger charge is -2.23. The first-order valence-electron chi connectivity index (χ1n) is 10.7. The molecule has 2 atom stereocenters. The molecule has 8 heteroatoms. The van der Waals surface area contributed by atoms with Crippen molar-refractivity contribution in [3.05, 3.63) is 73.9 Å². The van der Waals surface area contributed by atoms with Gasteiger partial charge in [-0.3, -0.25) is 9.69 Å². The molecule has 1 aliphatic heterocycles. The molecular weight excluding hydrogens is 440 g/mol. The summed E-state index contributed by atoms with van der Waals surface area (Å²) >= 11 is 4.58. The molecule has 33 heavy (non-hydrogen) atoms. The number of carbonyl (C=O) groups excluding carboxylic acids is 2. The molecule has 2 rings (SSSR count). The molecule has 7 nitrogen and oxygen atoms in total. The number of ether oxygens (including phenoxy) is 3. The van der Waals surface area contributed by atoms with Crippen molar-refractivity contribution in [3.8, 4) is 11.5 Å². The molecule has 0 spiro atoms. The van der Waals surface area contributed by atoms with E-state index in [1.807, 2.05) is 6.08 Å². The number of hydrogen-bond donors (Lipinski definition) is 2. The summed E-state index contributed by atoms with van der Waals surface area (Å²) in [6, 6.07) is 3.06. The van der Waals surface area contributed by atoms with Gasteiger partial charge < -0.3 is 19.5 Å². The van der Waals surface area contributed by atoms with Crippen LogP contribution < -0.4 is 14.8 Å². The van der Waals surface area contributed by atoms with E-state index < -0.39 is 11.9 Å². The number of thiol groups is 1.